The minimum Gasteiger partial charge on any atom is -0.462 e. The smallest absolute Gasteiger partial charge is 0.355 e. The number of H-pyrrole nitrogens is 1. The van der Waals surface area contributed by atoms with Crippen LogP contribution in [0.3, 0.4) is 0 Å². The molecule has 9 nitrogen and oxygen atoms in total. The Morgan fingerprint density at radius 1 is 0.964 bits per heavy atom. The summed E-state index contributed by atoms with van der Waals surface area (Å²) in [6.45, 7) is 4.48. The first kappa shape index (κ1) is 20.7. The number of carbonyl (C=O) groups is 4. The van der Waals surface area contributed by atoms with Crippen LogP contribution in [0.1, 0.15) is 49.4 Å². The van der Waals surface area contributed by atoms with Gasteiger partial charge in [-0.1, -0.05) is 18.2 Å². The van der Waals surface area contributed by atoms with Crippen LogP contribution in [0.5, 0.6) is 0 Å². The molecule has 2 amide bonds. The van der Waals surface area contributed by atoms with E-state index in [0.717, 1.165) is 0 Å². The lowest BCUT2D eigenvalue weighted by molar-refractivity contribution is -0.125. The fourth-order valence-electron chi connectivity index (χ4n) is 2.49. The summed E-state index contributed by atoms with van der Waals surface area (Å²) in [4.78, 5) is 50.5. The highest BCUT2D eigenvalue weighted by Crippen LogP contribution is 2.19. The van der Waals surface area contributed by atoms with Crippen molar-refractivity contribution in [2.45, 2.75) is 20.8 Å². The van der Waals surface area contributed by atoms with Gasteiger partial charge < -0.3 is 14.5 Å². The lowest BCUT2D eigenvalue weighted by Gasteiger charge is -2.08. The van der Waals surface area contributed by atoms with Crippen LogP contribution in [0.2, 0.25) is 0 Å². The third-order valence-electron chi connectivity index (χ3n) is 3.81. The molecule has 0 spiro atoms. The summed E-state index contributed by atoms with van der Waals surface area (Å²) in [6.07, 6.45) is 0. The number of hydrogen-bond acceptors (Lipinski definition) is 6. The van der Waals surface area contributed by atoms with Crippen molar-refractivity contribution >= 4 is 23.8 Å². The van der Waals surface area contributed by atoms with Gasteiger partial charge in [0.2, 0.25) is 0 Å². The van der Waals surface area contributed by atoms with Crippen LogP contribution in [0, 0.1) is 13.8 Å². The van der Waals surface area contributed by atoms with Crippen molar-refractivity contribution < 1.29 is 28.7 Å². The third kappa shape index (κ3) is 4.97. The number of rotatable bonds is 6. The highest BCUT2D eigenvalue weighted by molar-refractivity contribution is 5.99. The summed E-state index contributed by atoms with van der Waals surface area (Å²) < 4.78 is 9.89. The lowest BCUT2D eigenvalue weighted by atomic mass is 10.1. The average Bonchev–Trinajstić information content (AvgIpc) is 2.99. The second-order valence-corrected chi connectivity index (χ2v) is 5.79. The van der Waals surface area contributed by atoms with Crippen LogP contribution in [-0.2, 0) is 14.3 Å². The number of aromatic nitrogens is 1. The molecule has 0 aliphatic heterocycles. The molecule has 0 radical (unpaired) electrons. The van der Waals surface area contributed by atoms with Crippen molar-refractivity contribution in [3.8, 4) is 0 Å². The second-order valence-electron chi connectivity index (χ2n) is 5.79. The van der Waals surface area contributed by atoms with Crippen LogP contribution in [-0.4, -0.2) is 42.0 Å². The van der Waals surface area contributed by atoms with E-state index in [1.165, 1.54) is 0 Å². The Hall–Kier alpha value is -3.62. The normalized spacial score (nSPS) is 10.1. The SMILES string of the molecule is CCOC(=O)c1c(C)[nH]c(C(=O)OCC(=O)NNC(=O)c2ccccc2)c1C. The summed E-state index contributed by atoms with van der Waals surface area (Å²) in [7, 11) is 0. The summed E-state index contributed by atoms with van der Waals surface area (Å²) in [5.74, 6) is -2.57. The fraction of sp³-hybridized carbons (Fsp3) is 0.263. The monoisotopic (exact) mass is 387 g/mol. The summed E-state index contributed by atoms with van der Waals surface area (Å²) >= 11 is 0. The lowest BCUT2D eigenvalue weighted by Crippen LogP contribution is -2.43. The average molecular weight is 387 g/mol. The van der Waals surface area contributed by atoms with Gasteiger partial charge in [0.15, 0.2) is 6.61 Å². The molecule has 1 aromatic heterocycles. The predicted octanol–water partition coefficient (Wildman–Crippen LogP) is 1.43. The molecule has 0 aliphatic rings. The summed E-state index contributed by atoms with van der Waals surface area (Å²) in [5.41, 5.74) is 5.88. The van der Waals surface area contributed by atoms with E-state index in [-0.39, 0.29) is 17.9 Å². The molecule has 3 N–H and O–H groups in total. The molecular formula is C19H21N3O6. The van der Waals surface area contributed by atoms with Crippen LogP contribution in [0.25, 0.3) is 0 Å². The van der Waals surface area contributed by atoms with Gasteiger partial charge in [0.1, 0.15) is 5.69 Å². The Bertz CT molecular complexity index is 889. The Morgan fingerprint density at radius 3 is 2.29 bits per heavy atom. The molecule has 0 saturated heterocycles. The van der Waals surface area contributed by atoms with Gasteiger partial charge in [-0.3, -0.25) is 20.4 Å². The molecule has 28 heavy (non-hydrogen) atoms. The van der Waals surface area contributed by atoms with Gasteiger partial charge in [0, 0.05) is 11.3 Å². The van der Waals surface area contributed by atoms with Crippen molar-refractivity contribution in [3.63, 3.8) is 0 Å². The first-order chi connectivity index (χ1) is 13.3. The topological polar surface area (TPSA) is 127 Å². The molecule has 0 atom stereocenters. The molecule has 9 heteroatoms. The van der Waals surface area contributed by atoms with E-state index in [4.69, 9.17) is 9.47 Å². The van der Waals surface area contributed by atoms with E-state index in [9.17, 15) is 19.2 Å². The van der Waals surface area contributed by atoms with Gasteiger partial charge in [-0.15, -0.1) is 0 Å². The molecule has 0 bridgehead atoms. The summed E-state index contributed by atoms with van der Waals surface area (Å²) in [5, 5.41) is 0. The largest absolute Gasteiger partial charge is 0.462 e. The van der Waals surface area contributed by atoms with Crippen molar-refractivity contribution in [2.75, 3.05) is 13.2 Å². The zero-order valence-corrected chi connectivity index (χ0v) is 15.8. The molecule has 0 unspecified atom stereocenters. The van der Waals surface area contributed by atoms with Gasteiger partial charge in [-0.2, -0.15) is 0 Å². The number of carbonyl (C=O) groups excluding carboxylic acids is 4. The van der Waals surface area contributed by atoms with Crippen molar-refractivity contribution in [3.05, 3.63) is 58.4 Å². The minimum atomic E-state index is -0.805. The number of hydrazine groups is 1. The molecule has 0 saturated carbocycles. The predicted molar refractivity (Wildman–Crippen MR) is 98.6 cm³/mol. The minimum absolute atomic E-state index is 0.0571. The van der Waals surface area contributed by atoms with Crippen molar-refractivity contribution in [1.82, 2.24) is 15.8 Å². The highest BCUT2D eigenvalue weighted by atomic mass is 16.5. The van der Waals surface area contributed by atoms with E-state index in [2.05, 4.69) is 15.8 Å². The standard InChI is InChI=1S/C19H21N3O6/c1-4-27-18(25)15-11(2)16(20-12(15)3)19(26)28-10-14(23)21-22-17(24)13-8-6-5-7-9-13/h5-9,20H,4,10H2,1-3H3,(H,21,23)(H,22,24). The summed E-state index contributed by atoms with van der Waals surface area (Å²) in [6, 6.07) is 8.29. The Morgan fingerprint density at radius 2 is 1.64 bits per heavy atom. The number of aryl methyl sites for hydroxylation is 1. The van der Waals surface area contributed by atoms with E-state index in [1.807, 2.05) is 0 Å². The quantitative estimate of drug-likeness (QED) is 0.508. The van der Waals surface area contributed by atoms with Crippen LogP contribution in [0.4, 0.5) is 0 Å². The number of aromatic amines is 1. The molecule has 2 aromatic rings. The van der Waals surface area contributed by atoms with Crippen LogP contribution in [0.15, 0.2) is 30.3 Å². The van der Waals surface area contributed by atoms with E-state index >= 15 is 0 Å². The maximum Gasteiger partial charge on any atom is 0.355 e. The van der Waals surface area contributed by atoms with Crippen molar-refractivity contribution in [1.29, 1.82) is 0 Å². The zero-order chi connectivity index (χ0) is 20.7. The second kappa shape index (κ2) is 9.36. The Labute approximate surface area is 161 Å². The molecule has 0 fully saturated rings. The fourth-order valence-corrected chi connectivity index (χ4v) is 2.49. The first-order valence-corrected chi connectivity index (χ1v) is 8.52. The van der Waals surface area contributed by atoms with Gasteiger partial charge in [0.05, 0.1) is 12.2 Å². The Balaban J connectivity index is 1.90. The van der Waals surface area contributed by atoms with Crippen LogP contribution < -0.4 is 10.9 Å². The number of hydrogen-bond donors (Lipinski definition) is 3. The number of benzene rings is 1. The van der Waals surface area contributed by atoms with E-state index in [1.54, 1.807) is 51.1 Å². The maximum atomic E-state index is 12.2. The zero-order valence-electron chi connectivity index (χ0n) is 15.8. The molecule has 1 aromatic carbocycles. The molecule has 0 aliphatic carbocycles. The van der Waals surface area contributed by atoms with Crippen LogP contribution >= 0.6 is 0 Å². The molecule has 148 valence electrons. The van der Waals surface area contributed by atoms with Crippen molar-refractivity contribution in [2.24, 2.45) is 0 Å². The number of ether oxygens (including phenoxy) is 2. The van der Waals surface area contributed by atoms with E-state index in [0.29, 0.717) is 16.8 Å². The van der Waals surface area contributed by atoms with Gasteiger partial charge in [0.25, 0.3) is 11.8 Å². The number of amides is 2. The molecule has 1 heterocycles. The first-order valence-electron chi connectivity index (χ1n) is 8.52. The van der Waals surface area contributed by atoms with Gasteiger partial charge in [-0.05, 0) is 38.5 Å². The number of esters is 2. The molecular weight excluding hydrogens is 366 g/mol. The van der Waals surface area contributed by atoms with Gasteiger partial charge in [-0.25, -0.2) is 9.59 Å². The van der Waals surface area contributed by atoms with Gasteiger partial charge >= 0.3 is 11.9 Å². The highest BCUT2D eigenvalue weighted by Gasteiger charge is 2.24. The number of nitrogens with one attached hydrogen (secondary N) is 3. The van der Waals surface area contributed by atoms with E-state index < -0.39 is 30.4 Å². The molecule has 2 rings (SSSR count). The Kier molecular flexibility index (Phi) is 6.91. The maximum absolute atomic E-state index is 12.2. The third-order valence-corrected chi connectivity index (χ3v) is 3.81.